The summed E-state index contributed by atoms with van der Waals surface area (Å²) in [6.45, 7) is 1.05. The number of hydrogen-bond acceptors (Lipinski definition) is 2. The van der Waals surface area contributed by atoms with Gasteiger partial charge >= 0.3 is 0 Å². The summed E-state index contributed by atoms with van der Waals surface area (Å²) in [6, 6.07) is 8.62. The second kappa shape index (κ2) is 5.50. The van der Waals surface area contributed by atoms with Crippen molar-refractivity contribution in [1.29, 1.82) is 0 Å². The fourth-order valence-electron chi connectivity index (χ4n) is 3.54. The van der Waals surface area contributed by atoms with E-state index in [9.17, 15) is 0 Å². The molecule has 0 spiro atoms. The second-order valence-corrected chi connectivity index (χ2v) is 5.36. The summed E-state index contributed by atoms with van der Waals surface area (Å²) in [5.41, 5.74) is 1.54. The summed E-state index contributed by atoms with van der Waals surface area (Å²) in [6.07, 6.45) is 6.30. The highest BCUT2D eigenvalue weighted by Gasteiger charge is 2.48. The van der Waals surface area contributed by atoms with Gasteiger partial charge in [-0.3, -0.25) is 0 Å². The van der Waals surface area contributed by atoms with E-state index < -0.39 is 0 Å². The summed E-state index contributed by atoms with van der Waals surface area (Å²) in [5, 5.41) is 3.27. The van der Waals surface area contributed by atoms with Crippen molar-refractivity contribution in [3.8, 4) is 5.75 Å². The van der Waals surface area contributed by atoms with Gasteiger partial charge in [0.05, 0.1) is 0 Å². The lowest BCUT2D eigenvalue weighted by Gasteiger charge is -2.38. The van der Waals surface area contributed by atoms with Gasteiger partial charge in [-0.2, -0.15) is 0 Å². The average Bonchev–Trinajstić information content (AvgIpc) is 2.71. The summed E-state index contributed by atoms with van der Waals surface area (Å²) in [7, 11) is 2.02. The van der Waals surface area contributed by atoms with E-state index in [1.165, 1.54) is 31.2 Å². The van der Waals surface area contributed by atoms with Crippen LogP contribution in [-0.2, 0) is 0 Å². The van der Waals surface area contributed by atoms with Gasteiger partial charge in [0, 0.05) is 17.9 Å². The summed E-state index contributed by atoms with van der Waals surface area (Å²) in [4.78, 5) is 0. The maximum atomic E-state index is 6.36. The van der Waals surface area contributed by atoms with Gasteiger partial charge in [-0.15, -0.1) is 12.4 Å². The SMILES string of the molecule is CNCC[C@]12CCCC[C@H]1c1ccccc1O2.Cl. The molecular formula is C15H22ClNO. The fourth-order valence-corrected chi connectivity index (χ4v) is 3.54. The maximum absolute atomic E-state index is 6.36. The van der Waals surface area contributed by atoms with Crippen LogP contribution in [0.15, 0.2) is 24.3 Å². The number of para-hydroxylation sites is 1. The standard InChI is InChI=1S/C15H21NO.ClH/c1-16-11-10-15-9-5-4-7-13(15)12-6-2-3-8-14(12)17-15;/h2-3,6,8,13,16H,4-5,7,9-11H2,1H3;1H/t13-,15+;/m0./s1. The van der Waals surface area contributed by atoms with Crippen LogP contribution in [0.1, 0.15) is 43.6 Å². The molecule has 1 saturated carbocycles. The first-order valence-electron chi connectivity index (χ1n) is 6.78. The van der Waals surface area contributed by atoms with Crippen LogP contribution in [0, 0.1) is 0 Å². The summed E-state index contributed by atoms with van der Waals surface area (Å²) < 4.78 is 6.36. The van der Waals surface area contributed by atoms with Crippen LogP contribution in [0.4, 0.5) is 0 Å². The Morgan fingerprint density at radius 1 is 1.33 bits per heavy atom. The predicted octanol–water partition coefficient (Wildman–Crippen LogP) is 3.51. The van der Waals surface area contributed by atoms with Crippen molar-refractivity contribution in [2.75, 3.05) is 13.6 Å². The third kappa shape index (κ3) is 2.12. The van der Waals surface area contributed by atoms with Crippen molar-refractivity contribution in [3.63, 3.8) is 0 Å². The van der Waals surface area contributed by atoms with Gasteiger partial charge in [0.15, 0.2) is 0 Å². The third-order valence-corrected chi connectivity index (χ3v) is 4.38. The Hall–Kier alpha value is -0.730. The Bertz CT molecular complexity index is 409. The van der Waals surface area contributed by atoms with Crippen molar-refractivity contribution in [2.45, 2.75) is 43.6 Å². The van der Waals surface area contributed by atoms with Crippen molar-refractivity contribution in [1.82, 2.24) is 5.32 Å². The van der Waals surface area contributed by atoms with Gasteiger partial charge in [-0.1, -0.05) is 24.6 Å². The van der Waals surface area contributed by atoms with E-state index in [4.69, 9.17) is 4.74 Å². The molecule has 2 nitrogen and oxygen atoms in total. The molecule has 1 fully saturated rings. The number of hydrogen-bond donors (Lipinski definition) is 1. The number of rotatable bonds is 3. The van der Waals surface area contributed by atoms with Crippen molar-refractivity contribution < 1.29 is 4.74 Å². The van der Waals surface area contributed by atoms with Crippen molar-refractivity contribution in [2.24, 2.45) is 0 Å². The topological polar surface area (TPSA) is 21.3 Å². The van der Waals surface area contributed by atoms with Crippen LogP contribution in [0.25, 0.3) is 0 Å². The molecule has 2 atom stereocenters. The molecule has 1 aromatic rings. The van der Waals surface area contributed by atoms with Gasteiger partial charge in [0.1, 0.15) is 11.4 Å². The smallest absolute Gasteiger partial charge is 0.123 e. The average molecular weight is 268 g/mol. The molecule has 1 N–H and O–H groups in total. The Kier molecular flexibility index (Phi) is 4.18. The Morgan fingerprint density at radius 3 is 3.00 bits per heavy atom. The molecule has 1 aliphatic heterocycles. The molecule has 100 valence electrons. The van der Waals surface area contributed by atoms with Crippen molar-refractivity contribution >= 4 is 12.4 Å². The molecule has 1 aliphatic carbocycles. The molecule has 0 unspecified atom stereocenters. The van der Waals surface area contributed by atoms with E-state index in [2.05, 4.69) is 29.6 Å². The van der Waals surface area contributed by atoms with Crippen molar-refractivity contribution in [3.05, 3.63) is 29.8 Å². The fraction of sp³-hybridized carbons (Fsp3) is 0.600. The molecule has 0 bridgehead atoms. The monoisotopic (exact) mass is 267 g/mol. The van der Waals surface area contributed by atoms with E-state index >= 15 is 0 Å². The van der Waals surface area contributed by atoms with Crippen LogP contribution in [-0.4, -0.2) is 19.2 Å². The minimum absolute atomic E-state index is 0. The van der Waals surface area contributed by atoms with E-state index in [-0.39, 0.29) is 18.0 Å². The molecular weight excluding hydrogens is 246 g/mol. The second-order valence-electron chi connectivity index (χ2n) is 5.36. The molecule has 0 saturated heterocycles. The Morgan fingerprint density at radius 2 is 2.17 bits per heavy atom. The van der Waals surface area contributed by atoms with Crippen LogP contribution in [0.2, 0.25) is 0 Å². The number of benzene rings is 1. The van der Waals surface area contributed by atoms with Crippen LogP contribution < -0.4 is 10.1 Å². The molecule has 0 radical (unpaired) electrons. The van der Waals surface area contributed by atoms with E-state index in [0.29, 0.717) is 5.92 Å². The first-order valence-corrected chi connectivity index (χ1v) is 6.78. The first kappa shape index (κ1) is 13.7. The quantitative estimate of drug-likeness (QED) is 0.905. The van der Waals surface area contributed by atoms with E-state index in [1.54, 1.807) is 0 Å². The largest absolute Gasteiger partial charge is 0.486 e. The van der Waals surface area contributed by atoms with Gasteiger partial charge < -0.3 is 10.1 Å². The lowest BCUT2D eigenvalue weighted by atomic mass is 9.72. The van der Waals surface area contributed by atoms with Gasteiger partial charge in [0.2, 0.25) is 0 Å². The number of fused-ring (bicyclic) bond motifs is 3. The van der Waals surface area contributed by atoms with Gasteiger partial charge in [0.25, 0.3) is 0 Å². The zero-order chi connectivity index (χ0) is 11.7. The number of halogens is 1. The van der Waals surface area contributed by atoms with Crippen LogP contribution >= 0.6 is 12.4 Å². The highest BCUT2D eigenvalue weighted by molar-refractivity contribution is 5.85. The third-order valence-electron chi connectivity index (χ3n) is 4.38. The molecule has 3 heteroatoms. The lowest BCUT2D eigenvalue weighted by Crippen LogP contribution is -2.42. The first-order chi connectivity index (χ1) is 8.36. The van der Waals surface area contributed by atoms with Crippen LogP contribution in [0.3, 0.4) is 0 Å². The molecule has 3 rings (SSSR count). The van der Waals surface area contributed by atoms with Crippen LogP contribution in [0.5, 0.6) is 5.75 Å². The Labute approximate surface area is 116 Å². The highest BCUT2D eigenvalue weighted by atomic mass is 35.5. The molecule has 18 heavy (non-hydrogen) atoms. The van der Waals surface area contributed by atoms with Gasteiger partial charge in [-0.05, 0) is 38.9 Å². The number of nitrogens with one attached hydrogen (secondary N) is 1. The van der Waals surface area contributed by atoms with Gasteiger partial charge in [-0.25, -0.2) is 0 Å². The predicted molar refractivity (Wildman–Crippen MR) is 76.8 cm³/mol. The molecule has 1 aromatic carbocycles. The zero-order valence-electron chi connectivity index (χ0n) is 10.9. The minimum atomic E-state index is 0. The molecule has 0 amide bonds. The minimum Gasteiger partial charge on any atom is -0.486 e. The van der Waals surface area contributed by atoms with E-state index in [1.807, 2.05) is 7.05 Å². The lowest BCUT2D eigenvalue weighted by molar-refractivity contribution is 0.0281. The maximum Gasteiger partial charge on any atom is 0.123 e. The number of ether oxygens (including phenoxy) is 1. The zero-order valence-corrected chi connectivity index (χ0v) is 11.8. The highest BCUT2D eigenvalue weighted by Crippen LogP contribution is 2.53. The molecule has 0 aromatic heterocycles. The Balaban J connectivity index is 0.00000120. The summed E-state index contributed by atoms with van der Waals surface area (Å²) in [5.74, 6) is 1.76. The normalized spacial score (nSPS) is 28.8. The summed E-state index contributed by atoms with van der Waals surface area (Å²) >= 11 is 0. The molecule has 2 aliphatic rings. The molecule has 1 heterocycles. The van der Waals surface area contributed by atoms with E-state index in [0.717, 1.165) is 18.7 Å².